The smallest absolute Gasteiger partial charge is 0.150 e. The fourth-order valence-electron chi connectivity index (χ4n) is 1.92. The maximum absolute atomic E-state index is 10.5. The summed E-state index contributed by atoms with van der Waals surface area (Å²) in [5, 5.41) is 9.63. The second-order valence-corrected chi connectivity index (χ2v) is 4.16. The topological polar surface area (TPSA) is 40.5 Å². The SMILES string of the molecule is CC1CN(c2ccc(C=O)cc2)CC1O. The number of rotatable bonds is 2. The van der Waals surface area contributed by atoms with Crippen LogP contribution in [0.25, 0.3) is 0 Å². The van der Waals surface area contributed by atoms with Gasteiger partial charge in [-0.25, -0.2) is 0 Å². The summed E-state index contributed by atoms with van der Waals surface area (Å²) >= 11 is 0. The number of anilines is 1. The van der Waals surface area contributed by atoms with E-state index in [1.807, 2.05) is 19.1 Å². The van der Waals surface area contributed by atoms with E-state index < -0.39 is 0 Å². The van der Waals surface area contributed by atoms with Crippen LogP contribution >= 0.6 is 0 Å². The van der Waals surface area contributed by atoms with Gasteiger partial charge in [0.15, 0.2) is 0 Å². The predicted molar refractivity (Wildman–Crippen MR) is 59.2 cm³/mol. The number of nitrogens with zero attached hydrogens (tertiary/aromatic N) is 1. The molecule has 0 spiro atoms. The first-order valence-corrected chi connectivity index (χ1v) is 5.19. The number of aldehydes is 1. The maximum atomic E-state index is 10.5. The Morgan fingerprint density at radius 3 is 2.47 bits per heavy atom. The van der Waals surface area contributed by atoms with Crippen molar-refractivity contribution in [2.75, 3.05) is 18.0 Å². The number of aliphatic hydroxyl groups is 1. The molecule has 1 aromatic rings. The number of benzene rings is 1. The van der Waals surface area contributed by atoms with Gasteiger partial charge in [-0.3, -0.25) is 4.79 Å². The minimum atomic E-state index is -0.240. The van der Waals surface area contributed by atoms with Crippen LogP contribution in [0.2, 0.25) is 0 Å². The molecule has 1 saturated heterocycles. The summed E-state index contributed by atoms with van der Waals surface area (Å²) in [6, 6.07) is 7.46. The molecule has 0 aliphatic carbocycles. The summed E-state index contributed by atoms with van der Waals surface area (Å²) in [6.07, 6.45) is 0.598. The Hall–Kier alpha value is -1.35. The summed E-state index contributed by atoms with van der Waals surface area (Å²) in [6.45, 7) is 3.60. The van der Waals surface area contributed by atoms with Crippen LogP contribution in [0.4, 0.5) is 5.69 Å². The summed E-state index contributed by atoms with van der Waals surface area (Å²) in [5.41, 5.74) is 1.76. The van der Waals surface area contributed by atoms with Crippen molar-refractivity contribution in [3.8, 4) is 0 Å². The summed E-state index contributed by atoms with van der Waals surface area (Å²) < 4.78 is 0. The standard InChI is InChI=1S/C12H15NO2/c1-9-6-13(7-12(9)15)11-4-2-10(8-14)3-5-11/h2-5,8-9,12,15H,6-7H2,1H3. The van der Waals surface area contributed by atoms with E-state index in [0.717, 1.165) is 18.5 Å². The van der Waals surface area contributed by atoms with Gasteiger partial charge >= 0.3 is 0 Å². The van der Waals surface area contributed by atoms with Crippen molar-refractivity contribution in [2.24, 2.45) is 5.92 Å². The van der Waals surface area contributed by atoms with Crippen LogP contribution in [0, 0.1) is 5.92 Å². The first-order valence-electron chi connectivity index (χ1n) is 5.19. The van der Waals surface area contributed by atoms with Gasteiger partial charge in [-0.05, 0) is 24.3 Å². The third kappa shape index (κ3) is 2.02. The molecule has 1 aliphatic heterocycles. The molecule has 1 aliphatic rings. The lowest BCUT2D eigenvalue weighted by molar-refractivity contribution is 0.112. The molecule has 80 valence electrons. The minimum absolute atomic E-state index is 0.240. The highest BCUT2D eigenvalue weighted by Crippen LogP contribution is 2.23. The predicted octanol–water partition coefficient (Wildman–Crippen LogP) is 1.32. The van der Waals surface area contributed by atoms with Crippen LogP contribution < -0.4 is 4.90 Å². The first-order chi connectivity index (χ1) is 7.20. The van der Waals surface area contributed by atoms with Crippen LogP contribution in [0.15, 0.2) is 24.3 Å². The zero-order valence-corrected chi connectivity index (χ0v) is 8.76. The fourth-order valence-corrected chi connectivity index (χ4v) is 1.92. The van der Waals surface area contributed by atoms with Crippen LogP contribution in [-0.4, -0.2) is 30.6 Å². The molecule has 1 aromatic carbocycles. The quantitative estimate of drug-likeness (QED) is 0.740. The molecule has 3 nitrogen and oxygen atoms in total. The number of hydrogen-bond donors (Lipinski definition) is 1. The number of hydrogen-bond acceptors (Lipinski definition) is 3. The van der Waals surface area contributed by atoms with E-state index in [2.05, 4.69) is 4.90 Å². The number of aliphatic hydroxyl groups excluding tert-OH is 1. The maximum Gasteiger partial charge on any atom is 0.150 e. The molecular weight excluding hydrogens is 190 g/mol. The molecule has 2 atom stereocenters. The Morgan fingerprint density at radius 2 is 2.00 bits per heavy atom. The van der Waals surface area contributed by atoms with Gasteiger partial charge in [-0.15, -0.1) is 0 Å². The van der Waals surface area contributed by atoms with E-state index >= 15 is 0 Å². The van der Waals surface area contributed by atoms with Crippen LogP contribution in [0.1, 0.15) is 17.3 Å². The Balaban J connectivity index is 2.13. The van der Waals surface area contributed by atoms with Crippen molar-refractivity contribution in [1.82, 2.24) is 0 Å². The molecule has 2 unspecified atom stereocenters. The van der Waals surface area contributed by atoms with Crippen molar-refractivity contribution >= 4 is 12.0 Å². The molecule has 0 aromatic heterocycles. The fraction of sp³-hybridized carbons (Fsp3) is 0.417. The van der Waals surface area contributed by atoms with E-state index in [9.17, 15) is 9.90 Å². The summed E-state index contributed by atoms with van der Waals surface area (Å²) in [5.74, 6) is 0.316. The van der Waals surface area contributed by atoms with E-state index in [-0.39, 0.29) is 6.10 Å². The van der Waals surface area contributed by atoms with Crippen LogP contribution in [-0.2, 0) is 0 Å². The second kappa shape index (κ2) is 4.03. The van der Waals surface area contributed by atoms with Crippen molar-refractivity contribution in [3.05, 3.63) is 29.8 Å². The van der Waals surface area contributed by atoms with E-state index in [1.54, 1.807) is 12.1 Å². The van der Waals surface area contributed by atoms with E-state index in [1.165, 1.54) is 0 Å². The van der Waals surface area contributed by atoms with Gasteiger partial charge in [0, 0.05) is 30.3 Å². The number of carbonyl (C=O) groups excluding carboxylic acids is 1. The molecule has 0 bridgehead atoms. The van der Waals surface area contributed by atoms with Gasteiger partial charge < -0.3 is 10.0 Å². The average Bonchev–Trinajstić information content (AvgIpc) is 2.59. The van der Waals surface area contributed by atoms with Crippen LogP contribution in [0.3, 0.4) is 0 Å². The van der Waals surface area contributed by atoms with Gasteiger partial charge in [-0.1, -0.05) is 6.92 Å². The van der Waals surface area contributed by atoms with Crippen molar-refractivity contribution < 1.29 is 9.90 Å². The van der Waals surface area contributed by atoms with E-state index in [4.69, 9.17) is 0 Å². The molecule has 0 radical (unpaired) electrons. The first kappa shape index (κ1) is 10.2. The molecule has 1 fully saturated rings. The molecule has 15 heavy (non-hydrogen) atoms. The minimum Gasteiger partial charge on any atom is -0.391 e. The van der Waals surface area contributed by atoms with Crippen molar-refractivity contribution in [3.63, 3.8) is 0 Å². The van der Waals surface area contributed by atoms with Gasteiger partial charge in [0.05, 0.1) is 6.10 Å². The third-order valence-corrected chi connectivity index (χ3v) is 2.97. The van der Waals surface area contributed by atoms with Crippen molar-refractivity contribution in [1.29, 1.82) is 0 Å². The van der Waals surface area contributed by atoms with Gasteiger partial charge in [-0.2, -0.15) is 0 Å². The number of β-amino-alcohol motifs (C(OH)–C–C–N with tert-alkyl or cyclic N) is 1. The van der Waals surface area contributed by atoms with Gasteiger partial charge in [0.1, 0.15) is 6.29 Å². The molecule has 0 saturated carbocycles. The molecule has 3 heteroatoms. The second-order valence-electron chi connectivity index (χ2n) is 4.16. The average molecular weight is 205 g/mol. The lowest BCUT2D eigenvalue weighted by Gasteiger charge is -2.17. The Kier molecular flexibility index (Phi) is 2.73. The Labute approximate surface area is 89.3 Å². The molecule has 2 rings (SSSR count). The van der Waals surface area contributed by atoms with Gasteiger partial charge in [0.25, 0.3) is 0 Å². The highest BCUT2D eigenvalue weighted by molar-refractivity contribution is 5.75. The summed E-state index contributed by atoms with van der Waals surface area (Å²) in [7, 11) is 0. The molecular formula is C12H15NO2. The zero-order valence-electron chi connectivity index (χ0n) is 8.76. The Morgan fingerprint density at radius 1 is 1.33 bits per heavy atom. The molecule has 1 N–H and O–H groups in total. The lowest BCUT2D eigenvalue weighted by Crippen LogP contribution is -2.20. The largest absolute Gasteiger partial charge is 0.391 e. The molecule has 0 amide bonds. The third-order valence-electron chi connectivity index (χ3n) is 2.97. The van der Waals surface area contributed by atoms with E-state index in [0.29, 0.717) is 18.0 Å². The normalized spacial score (nSPS) is 25.6. The highest BCUT2D eigenvalue weighted by atomic mass is 16.3. The zero-order chi connectivity index (χ0) is 10.8. The Bertz CT molecular complexity index is 337. The molecule has 1 heterocycles. The lowest BCUT2D eigenvalue weighted by atomic mass is 10.1. The van der Waals surface area contributed by atoms with Crippen molar-refractivity contribution in [2.45, 2.75) is 13.0 Å². The van der Waals surface area contributed by atoms with Crippen LogP contribution in [0.5, 0.6) is 0 Å². The van der Waals surface area contributed by atoms with Gasteiger partial charge in [0.2, 0.25) is 0 Å². The number of carbonyl (C=O) groups is 1. The highest BCUT2D eigenvalue weighted by Gasteiger charge is 2.27. The monoisotopic (exact) mass is 205 g/mol. The summed E-state index contributed by atoms with van der Waals surface area (Å²) in [4.78, 5) is 12.6.